The molecule has 7 heteroatoms. The van der Waals surface area contributed by atoms with Crippen LogP contribution in [0.15, 0.2) is 24.3 Å². The molecule has 1 aromatic rings. The van der Waals surface area contributed by atoms with Crippen LogP contribution in [-0.4, -0.2) is 35.0 Å². The summed E-state index contributed by atoms with van der Waals surface area (Å²) in [6.07, 6.45) is -0.102. The quantitative estimate of drug-likeness (QED) is 0.630. The van der Waals surface area contributed by atoms with Crippen LogP contribution < -0.4 is 0 Å². The van der Waals surface area contributed by atoms with Crippen molar-refractivity contribution in [2.45, 2.75) is 77.2 Å². The van der Waals surface area contributed by atoms with Crippen LogP contribution in [0.2, 0.25) is 11.3 Å². The third kappa shape index (κ3) is 4.42. The third-order valence-corrected chi connectivity index (χ3v) is 5.04. The van der Waals surface area contributed by atoms with Gasteiger partial charge in [0, 0.05) is 11.3 Å². The molecule has 1 atom stereocenters. The van der Waals surface area contributed by atoms with E-state index in [2.05, 4.69) is 0 Å². The highest BCUT2D eigenvalue weighted by atomic mass is 35.5. The summed E-state index contributed by atoms with van der Waals surface area (Å²) in [5.74, 6) is -0.762. The zero-order chi connectivity index (χ0) is 20.0. The Balaban J connectivity index is 2.37. The molecule has 0 amide bonds. The second-order valence-corrected chi connectivity index (χ2v) is 9.20. The number of esters is 1. The maximum atomic E-state index is 12.9. The molecule has 1 saturated heterocycles. The predicted octanol–water partition coefficient (Wildman–Crippen LogP) is 3.96. The maximum absolute atomic E-state index is 12.9. The second kappa shape index (κ2) is 6.82. The highest BCUT2D eigenvalue weighted by molar-refractivity contribution is 6.46. The summed E-state index contributed by atoms with van der Waals surface area (Å²) in [5, 5.41) is 11.8. The summed E-state index contributed by atoms with van der Waals surface area (Å²) in [4.78, 5) is 12.9. The largest absolute Gasteiger partial charge is 0.461 e. The molecule has 1 fully saturated rings. The molecule has 0 spiro atoms. The van der Waals surface area contributed by atoms with Crippen molar-refractivity contribution >= 4 is 24.7 Å². The van der Waals surface area contributed by atoms with Crippen molar-refractivity contribution in [3.63, 3.8) is 0 Å². The van der Waals surface area contributed by atoms with Crippen LogP contribution in [0.5, 0.6) is 0 Å². The molecule has 144 valence electrons. The standard InChI is InChI=1S/C19H28BClO5/c1-16(2,3)24-15(22)19(23,13-9-8-10-14(21)11-13)12-20-25-17(4,5)18(6,7)26-20/h8-11,23H,12H2,1-7H3/t19-/m1/s1. The zero-order valence-corrected chi connectivity index (χ0v) is 17.3. The van der Waals surface area contributed by atoms with E-state index >= 15 is 0 Å². The number of carbonyl (C=O) groups is 1. The minimum absolute atomic E-state index is 0.102. The number of halogens is 1. The Morgan fingerprint density at radius 2 is 1.73 bits per heavy atom. The summed E-state index contributed by atoms with van der Waals surface area (Å²) < 4.78 is 17.4. The Kier molecular flexibility index (Phi) is 5.57. The lowest BCUT2D eigenvalue weighted by atomic mass is 9.71. The van der Waals surface area contributed by atoms with Gasteiger partial charge in [0.2, 0.25) is 0 Å². The molecule has 5 nitrogen and oxygen atoms in total. The SMILES string of the molecule is CC(C)(C)OC(=O)[C@@](O)(CB1OC(C)(C)C(C)(C)O1)c1cccc(Cl)c1. The van der Waals surface area contributed by atoms with Crippen LogP contribution in [-0.2, 0) is 24.4 Å². The highest BCUT2D eigenvalue weighted by Crippen LogP contribution is 2.41. The lowest BCUT2D eigenvalue weighted by molar-refractivity contribution is -0.177. The molecule has 1 aliphatic rings. The van der Waals surface area contributed by atoms with Gasteiger partial charge in [-0.25, -0.2) is 4.79 Å². The molecule has 0 unspecified atom stereocenters. The van der Waals surface area contributed by atoms with Crippen LogP contribution in [0.25, 0.3) is 0 Å². The molecule has 1 heterocycles. The van der Waals surface area contributed by atoms with Gasteiger partial charge in [0.1, 0.15) is 5.60 Å². The summed E-state index contributed by atoms with van der Waals surface area (Å²) in [5.41, 5.74) is -3.49. The Morgan fingerprint density at radius 3 is 2.19 bits per heavy atom. The first-order valence-corrected chi connectivity index (χ1v) is 9.12. The van der Waals surface area contributed by atoms with Crippen molar-refractivity contribution in [1.29, 1.82) is 0 Å². The number of aliphatic hydroxyl groups is 1. The van der Waals surface area contributed by atoms with Gasteiger partial charge in [-0.15, -0.1) is 0 Å². The molecule has 0 bridgehead atoms. The molecule has 0 aliphatic carbocycles. The molecular formula is C19H28BClO5. The van der Waals surface area contributed by atoms with Crippen LogP contribution >= 0.6 is 11.6 Å². The van der Waals surface area contributed by atoms with Gasteiger partial charge in [0.25, 0.3) is 0 Å². The van der Waals surface area contributed by atoms with Gasteiger partial charge in [-0.1, -0.05) is 23.7 Å². The minimum Gasteiger partial charge on any atom is -0.458 e. The van der Waals surface area contributed by atoms with Crippen molar-refractivity contribution < 1.29 is 23.9 Å². The monoisotopic (exact) mass is 382 g/mol. The topological polar surface area (TPSA) is 65.0 Å². The van der Waals surface area contributed by atoms with Gasteiger partial charge in [0.15, 0.2) is 5.60 Å². The van der Waals surface area contributed by atoms with E-state index in [0.717, 1.165) is 0 Å². The molecule has 1 aliphatic heterocycles. The smallest absolute Gasteiger partial charge is 0.458 e. The average Bonchev–Trinajstić information content (AvgIpc) is 2.63. The molecule has 0 saturated carbocycles. The summed E-state index contributed by atoms with van der Waals surface area (Å²) >= 11 is 6.07. The first kappa shape index (κ1) is 21.2. The zero-order valence-electron chi connectivity index (χ0n) is 16.6. The fourth-order valence-electron chi connectivity index (χ4n) is 2.72. The van der Waals surface area contributed by atoms with Crippen molar-refractivity contribution in [2.24, 2.45) is 0 Å². The first-order chi connectivity index (χ1) is 11.7. The summed E-state index contributed by atoms with van der Waals surface area (Å²) in [6.45, 7) is 12.9. The van der Waals surface area contributed by atoms with E-state index < -0.39 is 35.5 Å². The fourth-order valence-corrected chi connectivity index (χ4v) is 2.91. The Hall–Kier alpha value is -1.08. The van der Waals surface area contributed by atoms with Crippen LogP contribution in [0, 0.1) is 0 Å². The maximum Gasteiger partial charge on any atom is 0.461 e. The van der Waals surface area contributed by atoms with E-state index in [0.29, 0.717) is 10.6 Å². The van der Waals surface area contributed by atoms with Crippen molar-refractivity contribution in [3.8, 4) is 0 Å². The molecule has 26 heavy (non-hydrogen) atoms. The predicted molar refractivity (Wildman–Crippen MR) is 102 cm³/mol. The fraction of sp³-hybridized carbons (Fsp3) is 0.632. The lowest BCUT2D eigenvalue weighted by Crippen LogP contribution is -2.44. The molecule has 1 aromatic carbocycles. The van der Waals surface area contributed by atoms with Gasteiger partial charge < -0.3 is 19.2 Å². The van der Waals surface area contributed by atoms with E-state index in [-0.39, 0.29) is 6.32 Å². The highest BCUT2D eigenvalue weighted by Gasteiger charge is 2.55. The number of hydrogen-bond acceptors (Lipinski definition) is 5. The van der Waals surface area contributed by atoms with Gasteiger partial charge in [-0.2, -0.15) is 0 Å². The summed E-state index contributed by atoms with van der Waals surface area (Å²) in [7, 11) is -0.767. The van der Waals surface area contributed by atoms with Crippen LogP contribution in [0.1, 0.15) is 54.0 Å². The number of rotatable bonds is 4. The number of hydrogen-bond donors (Lipinski definition) is 1. The van der Waals surface area contributed by atoms with Crippen molar-refractivity contribution in [1.82, 2.24) is 0 Å². The Labute approximate surface area is 161 Å². The molecule has 2 rings (SSSR count). The van der Waals surface area contributed by atoms with Crippen molar-refractivity contribution in [2.75, 3.05) is 0 Å². The minimum atomic E-state index is -1.95. The molecule has 0 radical (unpaired) electrons. The second-order valence-electron chi connectivity index (χ2n) is 8.76. The Bertz CT molecular complexity index is 667. The molecular weight excluding hydrogens is 354 g/mol. The van der Waals surface area contributed by atoms with E-state index in [9.17, 15) is 9.90 Å². The van der Waals surface area contributed by atoms with Gasteiger partial charge in [-0.3, -0.25) is 0 Å². The molecule has 1 N–H and O–H groups in total. The first-order valence-electron chi connectivity index (χ1n) is 8.74. The van der Waals surface area contributed by atoms with Gasteiger partial charge >= 0.3 is 13.1 Å². The van der Waals surface area contributed by atoms with E-state index in [4.69, 9.17) is 25.6 Å². The van der Waals surface area contributed by atoms with Gasteiger partial charge in [0.05, 0.1) is 11.2 Å². The Morgan fingerprint density at radius 1 is 1.19 bits per heavy atom. The normalized spacial score (nSPS) is 21.3. The molecule has 0 aromatic heterocycles. The summed E-state index contributed by atoms with van der Waals surface area (Å²) in [6, 6.07) is 6.55. The number of carbonyl (C=O) groups excluding carboxylic acids is 1. The van der Waals surface area contributed by atoms with Crippen LogP contribution in [0.3, 0.4) is 0 Å². The van der Waals surface area contributed by atoms with E-state index in [1.807, 2.05) is 27.7 Å². The van der Waals surface area contributed by atoms with Crippen molar-refractivity contribution in [3.05, 3.63) is 34.9 Å². The van der Waals surface area contributed by atoms with Crippen LogP contribution in [0.4, 0.5) is 0 Å². The number of benzene rings is 1. The number of ether oxygens (including phenoxy) is 1. The van der Waals surface area contributed by atoms with Gasteiger partial charge in [-0.05, 0) is 66.2 Å². The average molecular weight is 383 g/mol. The van der Waals surface area contributed by atoms with E-state index in [1.165, 1.54) is 0 Å². The third-order valence-electron chi connectivity index (χ3n) is 4.80. The van der Waals surface area contributed by atoms with E-state index in [1.54, 1.807) is 45.0 Å². The lowest BCUT2D eigenvalue weighted by Gasteiger charge is -2.32.